The van der Waals surface area contributed by atoms with Gasteiger partial charge < -0.3 is 18.1 Å². The van der Waals surface area contributed by atoms with Crippen molar-refractivity contribution in [2.24, 2.45) is 4.52 Å². The first-order valence-corrected chi connectivity index (χ1v) is 14.5. The predicted molar refractivity (Wildman–Crippen MR) is 124 cm³/mol. The summed E-state index contributed by atoms with van der Waals surface area (Å²) in [6, 6.07) is 0. The third-order valence-corrected chi connectivity index (χ3v) is 10.6. The molecule has 0 aromatic heterocycles. The topological polar surface area (TPSA) is 74.2 Å². The van der Waals surface area contributed by atoms with E-state index in [2.05, 4.69) is 0 Å². The van der Waals surface area contributed by atoms with Gasteiger partial charge in [0.15, 0.2) is 0 Å². The van der Waals surface area contributed by atoms with Gasteiger partial charge in [0, 0.05) is 0 Å². The molecule has 0 saturated carbocycles. The van der Waals surface area contributed by atoms with Gasteiger partial charge in [-0.15, -0.1) is 0 Å². The third-order valence-electron chi connectivity index (χ3n) is 2.76. The second-order valence-electron chi connectivity index (χ2n) is 8.52. The molecule has 180 valence electrons. The molecule has 30 heavy (non-hydrogen) atoms. The lowest BCUT2D eigenvalue weighted by atomic mass is 10.5. The van der Waals surface area contributed by atoms with Crippen LogP contribution >= 0.6 is 24.6 Å². The highest BCUT2D eigenvalue weighted by atomic mass is 31.3. The first kappa shape index (κ1) is 28.8. The summed E-state index contributed by atoms with van der Waals surface area (Å²) in [6.45, 7) is 23.6. The van der Waals surface area contributed by atoms with Gasteiger partial charge in [0.1, 0.15) is 0 Å². The molecule has 0 aromatic rings. The van der Waals surface area contributed by atoms with Gasteiger partial charge in [-0.3, -0.25) is 9.68 Å². The molecular formula is C18H42N3O6P3. The van der Waals surface area contributed by atoms with Crippen molar-refractivity contribution in [3.8, 4) is 0 Å². The maximum absolute atomic E-state index is 6.39. The lowest BCUT2D eigenvalue weighted by molar-refractivity contribution is -0.120. The van der Waals surface area contributed by atoms with Crippen LogP contribution in [0.15, 0.2) is 4.52 Å². The highest BCUT2D eigenvalue weighted by Crippen LogP contribution is 2.80. The zero-order valence-electron chi connectivity index (χ0n) is 20.6. The zero-order chi connectivity index (χ0) is 23.2. The Morgan fingerprint density at radius 3 is 1.43 bits per heavy atom. The third kappa shape index (κ3) is 8.96. The summed E-state index contributed by atoms with van der Waals surface area (Å²) in [4.78, 5) is 12.4. The number of rotatable bonds is 12. The molecule has 0 amide bonds. The molecule has 0 saturated heterocycles. The van der Waals surface area contributed by atoms with Crippen molar-refractivity contribution >= 4 is 24.6 Å². The standard InChI is InChI=1S/C18H42N3O6P3/c1-13(2)22-20-28(24-15(5)6)19-30(26-17(9)10,27-18(11)12)21(23-14(3)4)29(20)25-16(7)8/h13-18H,1-12H3. The van der Waals surface area contributed by atoms with Crippen LogP contribution in [0.5, 0.6) is 0 Å². The summed E-state index contributed by atoms with van der Waals surface area (Å²) in [7, 11) is -6.20. The molecule has 0 aromatic carbocycles. The molecule has 0 fully saturated rings. The maximum Gasteiger partial charge on any atom is 0.328 e. The van der Waals surface area contributed by atoms with Crippen LogP contribution < -0.4 is 0 Å². The highest BCUT2D eigenvalue weighted by Gasteiger charge is 2.54. The largest absolute Gasteiger partial charge is 0.328 e. The summed E-state index contributed by atoms with van der Waals surface area (Å²) < 4.78 is 33.8. The lowest BCUT2D eigenvalue weighted by Crippen LogP contribution is -2.35. The van der Waals surface area contributed by atoms with Gasteiger partial charge in [0.2, 0.25) is 0 Å². The Bertz CT molecular complexity index is 549. The minimum atomic E-state index is -3.05. The molecule has 1 aliphatic heterocycles. The number of hydrogen-bond donors (Lipinski definition) is 0. The van der Waals surface area contributed by atoms with Crippen molar-refractivity contribution in [2.45, 2.75) is 120 Å². The van der Waals surface area contributed by atoms with E-state index in [0.717, 1.165) is 0 Å². The maximum atomic E-state index is 6.39. The second kappa shape index (κ2) is 12.9. The molecule has 0 spiro atoms. The summed E-state index contributed by atoms with van der Waals surface area (Å²) >= 11 is 0. The van der Waals surface area contributed by atoms with Crippen molar-refractivity contribution < 1.29 is 27.8 Å². The van der Waals surface area contributed by atoms with E-state index in [0.29, 0.717) is 0 Å². The molecular weight excluding hydrogens is 447 g/mol. The second-order valence-corrected chi connectivity index (χ2v) is 14.2. The molecule has 9 nitrogen and oxygen atoms in total. The summed E-state index contributed by atoms with van der Waals surface area (Å²) in [5, 5.41) is 0. The van der Waals surface area contributed by atoms with E-state index < -0.39 is 24.6 Å². The Hall–Kier alpha value is 0.770. The molecule has 0 bridgehead atoms. The van der Waals surface area contributed by atoms with Crippen LogP contribution in [0.2, 0.25) is 0 Å². The molecule has 0 radical (unpaired) electrons. The van der Waals surface area contributed by atoms with Gasteiger partial charge in [-0.2, -0.15) is 4.52 Å². The molecule has 0 aliphatic carbocycles. The van der Waals surface area contributed by atoms with Crippen LogP contribution in [-0.2, 0) is 27.8 Å². The van der Waals surface area contributed by atoms with Crippen molar-refractivity contribution in [3.05, 3.63) is 0 Å². The lowest BCUT2D eigenvalue weighted by Gasteiger charge is -2.47. The number of nitrogens with zero attached hydrogens (tertiary/aromatic N) is 3. The Balaban J connectivity index is 3.72. The average molecular weight is 489 g/mol. The summed E-state index contributed by atoms with van der Waals surface area (Å²) in [6.07, 6.45) is -0.645. The smallest absolute Gasteiger partial charge is 0.325 e. The molecule has 1 aliphatic rings. The normalized spacial score (nSPS) is 23.5. The van der Waals surface area contributed by atoms with Crippen LogP contribution in [0.25, 0.3) is 0 Å². The fraction of sp³-hybridized carbons (Fsp3) is 1.00. The first-order valence-electron chi connectivity index (χ1n) is 10.6. The van der Waals surface area contributed by atoms with Gasteiger partial charge in [-0.05, 0) is 87.7 Å². The SMILES string of the molecule is CC(C)ON1P(OC(C)C)N=P(OC(C)C)(OC(C)C)N(OC(C)C)P1OC(C)C. The van der Waals surface area contributed by atoms with E-state index in [-0.39, 0.29) is 36.6 Å². The highest BCUT2D eigenvalue weighted by molar-refractivity contribution is 7.78. The van der Waals surface area contributed by atoms with Crippen LogP contribution in [0, 0.1) is 0 Å². The summed E-state index contributed by atoms with van der Waals surface area (Å²) in [5.74, 6) is 0. The van der Waals surface area contributed by atoms with E-state index in [4.69, 9.17) is 32.3 Å². The van der Waals surface area contributed by atoms with Gasteiger partial charge in [-0.25, -0.2) is 0 Å². The van der Waals surface area contributed by atoms with Crippen molar-refractivity contribution in [1.29, 1.82) is 0 Å². The molecule has 1 rings (SSSR count). The molecule has 0 N–H and O–H groups in total. The van der Waals surface area contributed by atoms with Gasteiger partial charge in [-0.1, -0.05) is 4.60 Å². The molecule has 12 heteroatoms. The minimum absolute atomic E-state index is 0.0633. The van der Waals surface area contributed by atoms with Crippen LogP contribution in [-0.4, -0.2) is 45.8 Å². The quantitative estimate of drug-likeness (QED) is 0.263. The first-order chi connectivity index (χ1) is 13.8. The number of hydrogen-bond acceptors (Lipinski definition) is 9. The van der Waals surface area contributed by atoms with E-state index in [1.54, 1.807) is 9.21 Å². The van der Waals surface area contributed by atoms with E-state index in [9.17, 15) is 0 Å². The van der Waals surface area contributed by atoms with Crippen molar-refractivity contribution in [1.82, 2.24) is 9.21 Å². The Morgan fingerprint density at radius 2 is 1.07 bits per heavy atom. The minimum Gasteiger partial charge on any atom is -0.325 e. The fourth-order valence-corrected chi connectivity index (χ4v) is 10.7. The zero-order valence-corrected chi connectivity index (χ0v) is 23.3. The summed E-state index contributed by atoms with van der Waals surface area (Å²) in [5.41, 5.74) is 0. The molecule has 1 heterocycles. The van der Waals surface area contributed by atoms with Gasteiger partial charge in [0.05, 0.1) is 36.6 Å². The molecule has 2 atom stereocenters. The predicted octanol–water partition coefficient (Wildman–Crippen LogP) is 7.38. The molecule has 2 unspecified atom stereocenters. The van der Waals surface area contributed by atoms with Crippen molar-refractivity contribution in [2.75, 3.05) is 0 Å². The van der Waals surface area contributed by atoms with E-state index in [1.807, 2.05) is 83.1 Å². The van der Waals surface area contributed by atoms with Crippen molar-refractivity contribution in [3.63, 3.8) is 0 Å². The Morgan fingerprint density at radius 1 is 0.600 bits per heavy atom. The van der Waals surface area contributed by atoms with Gasteiger partial charge in [0.25, 0.3) is 16.9 Å². The fourth-order valence-electron chi connectivity index (χ4n) is 2.17. The average Bonchev–Trinajstić information content (AvgIpc) is 2.51. The van der Waals surface area contributed by atoms with Crippen LogP contribution in [0.4, 0.5) is 0 Å². The van der Waals surface area contributed by atoms with E-state index >= 15 is 0 Å². The van der Waals surface area contributed by atoms with Gasteiger partial charge >= 0.3 is 7.66 Å². The van der Waals surface area contributed by atoms with E-state index in [1.165, 1.54) is 0 Å². The Kier molecular flexibility index (Phi) is 12.3. The monoisotopic (exact) mass is 489 g/mol. The van der Waals surface area contributed by atoms with Crippen LogP contribution in [0.3, 0.4) is 0 Å². The Labute approximate surface area is 186 Å². The van der Waals surface area contributed by atoms with Crippen LogP contribution in [0.1, 0.15) is 83.1 Å².